The van der Waals surface area contributed by atoms with Crippen LogP contribution in [0.3, 0.4) is 0 Å². The Morgan fingerprint density at radius 3 is 2.61 bits per heavy atom. The molecule has 6 nitrogen and oxygen atoms in total. The summed E-state index contributed by atoms with van der Waals surface area (Å²) in [5.41, 5.74) is 0. The Kier molecular flexibility index (Phi) is 8.51. The quantitative estimate of drug-likeness (QED) is 0.583. The van der Waals surface area contributed by atoms with Gasteiger partial charge in [0.05, 0.1) is 11.8 Å². The van der Waals surface area contributed by atoms with Gasteiger partial charge in [0.1, 0.15) is 0 Å². The number of rotatable bonds is 6. The fourth-order valence-electron chi connectivity index (χ4n) is 1.69. The molecule has 8 heteroatoms. The van der Waals surface area contributed by atoms with Crippen molar-refractivity contribution in [1.29, 1.82) is 0 Å². The maximum atomic E-state index is 11.6. The van der Waals surface area contributed by atoms with Crippen LogP contribution in [0.5, 0.6) is 0 Å². The summed E-state index contributed by atoms with van der Waals surface area (Å²) in [5, 5.41) is 5.86. The lowest BCUT2D eigenvalue weighted by molar-refractivity contribution is -0.123. The van der Waals surface area contributed by atoms with Gasteiger partial charge in [-0.25, -0.2) is 13.1 Å². The largest absolute Gasteiger partial charge is 0.353 e. The first-order valence-electron chi connectivity index (χ1n) is 6.03. The molecule has 1 rings (SSSR count). The van der Waals surface area contributed by atoms with Gasteiger partial charge in [0.2, 0.25) is 15.9 Å². The van der Waals surface area contributed by atoms with Crippen LogP contribution >= 0.6 is 12.4 Å². The average molecular weight is 300 g/mol. The lowest BCUT2D eigenvalue weighted by Gasteiger charge is -2.22. The number of sulfonamides is 1. The molecular formula is C10H22ClN3O3S. The van der Waals surface area contributed by atoms with Gasteiger partial charge in [-0.1, -0.05) is 6.42 Å². The Hall–Kier alpha value is -0.370. The van der Waals surface area contributed by atoms with Gasteiger partial charge in [0.15, 0.2) is 0 Å². The topological polar surface area (TPSA) is 87.3 Å². The van der Waals surface area contributed by atoms with E-state index in [1.54, 1.807) is 6.92 Å². The second-order valence-corrected chi connectivity index (χ2v) is 6.19. The maximum Gasteiger partial charge on any atom is 0.237 e. The highest BCUT2D eigenvalue weighted by molar-refractivity contribution is 7.89. The van der Waals surface area contributed by atoms with Crippen LogP contribution in [0.25, 0.3) is 0 Å². The SMILES string of the molecule is CCS(=O)(=O)NCCNC(=O)C1CCCCN1.Cl. The zero-order valence-corrected chi connectivity index (χ0v) is 12.2. The zero-order valence-electron chi connectivity index (χ0n) is 10.6. The molecule has 0 spiro atoms. The molecule has 3 N–H and O–H groups in total. The van der Waals surface area contributed by atoms with E-state index in [9.17, 15) is 13.2 Å². The van der Waals surface area contributed by atoms with Crippen molar-refractivity contribution >= 4 is 28.3 Å². The number of carbonyl (C=O) groups excluding carboxylic acids is 1. The molecule has 0 aromatic carbocycles. The Labute approximate surface area is 115 Å². The van der Waals surface area contributed by atoms with E-state index in [1.807, 2.05) is 0 Å². The van der Waals surface area contributed by atoms with Gasteiger partial charge in [-0.05, 0) is 26.3 Å². The highest BCUT2D eigenvalue weighted by Gasteiger charge is 2.19. The molecule has 18 heavy (non-hydrogen) atoms. The van der Waals surface area contributed by atoms with Crippen LogP contribution in [0.4, 0.5) is 0 Å². The van der Waals surface area contributed by atoms with E-state index in [0.29, 0.717) is 6.54 Å². The number of piperidine rings is 1. The minimum Gasteiger partial charge on any atom is -0.353 e. The van der Waals surface area contributed by atoms with Crippen molar-refractivity contribution in [2.75, 3.05) is 25.4 Å². The minimum absolute atomic E-state index is 0. The first-order chi connectivity index (χ1) is 8.05. The maximum absolute atomic E-state index is 11.6. The Morgan fingerprint density at radius 2 is 2.06 bits per heavy atom. The van der Waals surface area contributed by atoms with E-state index >= 15 is 0 Å². The van der Waals surface area contributed by atoms with Gasteiger partial charge < -0.3 is 10.6 Å². The molecule has 1 aliphatic heterocycles. The van der Waals surface area contributed by atoms with Gasteiger partial charge in [-0.3, -0.25) is 4.79 Å². The third kappa shape index (κ3) is 6.53. The van der Waals surface area contributed by atoms with Crippen LogP contribution in [-0.4, -0.2) is 45.8 Å². The van der Waals surface area contributed by atoms with Crippen molar-refractivity contribution in [2.45, 2.75) is 32.2 Å². The van der Waals surface area contributed by atoms with Crippen LogP contribution in [0.1, 0.15) is 26.2 Å². The number of amides is 1. The van der Waals surface area contributed by atoms with Crippen molar-refractivity contribution in [3.8, 4) is 0 Å². The second kappa shape index (κ2) is 8.68. The molecule has 1 aliphatic rings. The van der Waals surface area contributed by atoms with Crippen LogP contribution in [-0.2, 0) is 14.8 Å². The van der Waals surface area contributed by atoms with Crippen molar-refractivity contribution in [2.24, 2.45) is 0 Å². The van der Waals surface area contributed by atoms with Crippen LogP contribution in [0.15, 0.2) is 0 Å². The standard InChI is InChI=1S/C10H21N3O3S.ClH/c1-2-17(15,16)13-8-7-12-10(14)9-5-3-4-6-11-9;/h9,11,13H,2-8H2,1H3,(H,12,14);1H. The van der Waals surface area contributed by atoms with Gasteiger partial charge in [-0.15, -0.1) is 12.4 Å². The minimum atomic E-state index is -3.16. The lowest BCUT2D eigenvalue weighted by Crippen LogP contribution is -2.48. The number of carbonyl (C=O) groups is 1. The lowest BCUT2D eigenvalue weighted by atomic mass is 10.0. The third-order valence-corrected chi connectivity index (χ3v) is 4.16. The van der Waals surface area contributed by atoms with E-state index in [2.05, 4.69) is 15.4 Å². The molecule has 1 amide bonds. The number of hydrogen-bond acceptors (Lipinski definition) is 4. The van der Waals surface area contributed by atoms with Crippen molar-refractivity contribution in [3.05, 3.63) is 0 Å². The fraction of sp³-hybridized carbons (Fsp3) is 0.900. The molecule has 1 heterocycles. The molecule has 108 valence electrons. The van der Waals surface area contributed by atoms with Crippen LogP contribution in [0, 0.1) is 0 Å². The smallest absolute Gasteiger partial charge is 0.237 e. The summed E-state index contributed by atoms with van der Waals surface area (Å²) in [5.74, 6) is 0.0193. The normalized spacial score (nSPS) is 19.9. The van der Waals surface area contributed by atoms with E-state index in [0.717, 1.165) is 25.8 Å². The Bertz CT molecular complexity index is 342. The summed E-state index contributed by atoms with van der Waals surface area (Å²) >= 11 is 0. The molecule has 1 saturated heterocycles. The molecule has 0 aromatic heterocycles. The first kappa shape index (κ1) is 17.6. The summed E-state index contributed by atoms with van der Waals surface area (Å²) in [6.07, 6.45) is 3.03. The van der Waals surface area contributed by atoms with E-state index in [-0.39, 0.29) is 36.7 Å². The molecule has 0 aromatic rings. The van der Waals surface area contributed by atoms with Gasteiger partial charge in [0, 0.05) is 13.1 Å². The van der Waals surface area contributed by atoms with Crippen LogP contribution in [0.2, 0.25) is 0 Å². The summed E-state index contributed by atoms with van der Waals surface area (Å²) in [6, 6.07) is -0.119. The molecule has 1 fully saturated rings. The average Bonchev–Trinajstić information content (AvgIpc) is 2.35. The fourth-order valence-corrected chi connectivity index (χ4v) is 2.31. The van der Waals surface area contributed by atoms with Crippen molar-refractivity contribution in [3.63, 3.8) is 0 Å². The molecule has 0 aliphatic carbocycles. The number of hydrogen-bond donors (Lipinski definition) is 3. The second-order valence-electron chi connectivity index (χ2n) is 4.09. The Balaban J connectivity index is 0.00000289. The van der Waals surface area contributed by atoms with Crippen molar-refractivity contribution < 1.29 is 13.2 Å². The molecule has 0 radical (unpaired) electrons. The summed E-state index contributed by atoms with van der Waals surface area (Å²) in [4.78, 5) is 11.6. The van der Waals surface area contributed by atoms with E-state index < -0.39 is 10.0 Å². The summed E-state index contributed by atoms with van der Waals surface area (Å²) in [7, 11) is -3.16. The van der Waals surface area contributed by atoms with Gasteiger partial charge in [0.25, 0.3) is 0 Å². The highest BCUT2D eigenvalue weighted by atomic mass is 35.5. The van der Waals surface area contributed by atoms with E-state index in [4.69, 9.17) is 0 Å². The molecule has 1 atom stereocenters. The van der Waals surface area contributed by atoms with E-state index in [1.165, 1.54) is 0 Å². The third-order valence-electron chi connectivity index (χ3n) is 2.75. The monoisotopic (exact) mass is 299 g/mol. The van der Waals surface area contributed by atoms with Crippen molar-refractivity contribution in [1.82, 2.24) is 15.4 Å². The Morgan fingerprint density at radius 1 is 1.33 bits per heavy atom. The number of nitrogens with one attached hydrogen (secondary N) is 3. The zero-order chi connectivity index (χ0) is 12.7. The highest BCUT2D eigenvalue weighted by Crippen LogP contribution is 2.06. The predicted molar refractivity (Wildman–Crippen MR) is 73.4 cm³/mol. The van der Waals surface area contributed by atoms with Crippen LogP contribution < -0.4 is 15.4 Å². The molecule has 1 unspecified atom stereocenters. The summed E-state index contributed by atoms with van der Waals surface area (Å²) < 4.78 is 24.6. The number of halogens is 1. The van der Waals surface area contributed by atoms with Gasteiger partial charge in [-0.2, -0.15) is 0 Å². The first-order valence-corrected chi connectivity index (χ1v) is 7.69. The van der Waals surface area contributed by atoms with Gasteiger partial charge >= 0.3 is 0 Å². The molecule has 0 saturated carbocycles. The molecular weight excluding hydrogens is 278 g/mol. The predicted octanol–water partition coefficient (Wildman–Crippen LogP) is -0.394. The summed E-state index contributed by atoms with van der Waals surface area (Å²) in [6.45, 7) is 3.03. The molecule has 0 bridgehead atoms.